The lowest BCUT2D eigenvalue weighted by Crippen LogP contribution is -2.35. The second-order valence-corrected chi connectivity index (χ2v) is 5.07. The fourth-order valence-electron chi connectivity index (χ4n) is 2.40. The summed E-state index contributed by atoms with van der Waals surface area (Å²) in [6.07, 6.45) is 2.20. The summed E-state index contributed by atoms with van der Waals surface area (Å²) in [6.45, 7) is 2.75. The van der Waals surface area contributed by atoms with E-state index in [1.807, 2.05) is 19.2 Å². The summed E-state index contributed by atoms with van der Waals surface area (Å²) in [6, 6.07) is 8.13. The van der Waals surface area contributed by atoms with Gasteiger partial charge >= 0.3 is 0 Å². The van der Waals surface area contributed by atoms with E-state index in [1.165, 1.54) is 5.56 Å². The molecule has 0 bridgehead atoms. The number of hydrogen-bond donors (Lipinski definition) is 1. The van der Waals surface area contributed by atoms with Crippen LogP contribution in [0.15, 0.2) is 24.3 Å². The maximum absolute atomic E-state index is 5.89. The smallest absolute Gasteiger partial charge is 0.0538 e. The Morgan fingerprint density at radius 3 is 2.69 bits per heavy atom. The first kappa shape index (κ1) is 11.9. The lowest BCUT2D eigenvalue weighted by molar-refractivity contribution is 0.150. The predicted octanol–water partition coefficient (Wildman–Crippen LogP) is 2.51. The molecule has 1 heterocycles. The molecule has 2 rings (SSSR count). The van der Waals surface area contributed by atoms with Crippen LogP contribution in [0.2, 0.25) is 5.02 Å². The quantitative estimate of drug-likeness (QED) is 0.872. The van der Waals surface area contributed by atoms with Crippen LogP contribution in [0.5, 0.6) is 0 Å². The van der Waals surface area contributed by atoms with E-state index in [1.54, 1.807) is 0 Å². The van der Waals surface area contributed by atoms with Crippen molar-refractivity contribution in [1.29, 1.82) is 0 Å². The fourth-order valence-corrected chi connectivity index (χ4v) is 2.53. The molecule has 0 spiro atoms. The molecule has 1 atom stereocenters. The van der Waals surface area contributed by atoms with E-state index in [0.29, 0.717) is 0 Å². The molecule has 0 aromatic heterocycles. The number of hydrogen-bond acceptors (Lipinski definition) is 2. The highest BCUT2D eigenvalue weighted by Gasteiger charge is 2.34. The Morgan fingerprint density at radius 2 is 2.12 bits per heavy atom. The maximum Gasteiger partial charge on any atom is 0.0538 e. The van der Waals surface area contributed by atoms with Gasteiger partial charge in [-0.15, -0.1) is 0 Å². The van der Waals surface area contributed by atoms with Crippen LogP contribution < -0.4 is 5.32 Å². The molecule has 88 valence electrons. The second-order valence-electron chi connectivity index (χ2n) is 4.64. The molecular formula is C13H18ClNO. The van der Waals surface area contributed by atoms with Crippen LogP contribution in [-0.4, -0.2) is 26.8 Å². The summed E-state index contributed by atoms with van der Waals surface area (Å²) >= 11 is 5.89. The van der Waals surface area contributed by atoms with Crippen molar-refractivity contribution in [2.75, 3.05) is 26.8 Å². The highest BCUT2D eigenvalue weighted by molar-refractivity contribution is 6.30. The molecule has 3 heteroatoms. The first-order valence-electron chi connectivity index (χ1n) is 5.71. The third kappa shape index (κ3) is 2.76. The van der Waals surface area contributed by atoms with Crippen molar-refractivity contribution >= 4 is 11.6 Å². The monoisotopic (exact) mass is 239 g/mol. The first-order chi connectivity index (χ1) is 7.74. The number of benzene rings is 1. The molecule has 1 unspecified atom stereocenters. The average molecular weight is 240 g/mol. The highest BCUT2D eigenvalue weighted by Crippen LogP contribution is 2.32. The summed E-state index contributed by atoms with van der Waals surface area (Å²) < 4.78 is 5.54. The van der Waals surface area contributed by atoms with Crippen molar-refractivity contribution in [3.63, 3.8) is 0 Å². The van der Waals surface area contributed by atoms with Crippen molar-refractivity contribution in [2.24, 2.45) is 5.41 Å². The third-order valence-corrected chi connectivity index (χ3v) is 3.48. The zero-order valence-electron chi connectivity index (χ0n) is 9.63. The molecule has 1 saturated heterocycles. The molecule has 0 aliphatic carbocycles. The van der Waals surface area contributed by atoms with Crippen molar-refractivity contribution in [3.05, 3.63) is 34.9 Å². The van der Waals surface area contributed by atoms with E-state index in [2.05, 4.69) is 17.4 Å². The van der Waals surface area contributed by atoms with Gasteiger partial charge in [0.1, 0.15) is 0 Å². The summed E-state index contributed by atoms with van der Waals surface area (Å²) in [7, 11) is 2.00. The lowest BCUT2D eigenvalue weighted by atomic mass is 9.81. The largest absolute Gasteiger partial charge is 0.381 e. The molecule has 1 aromatic carbocycles. The van der Waals surface area contributed by atoms with E-state index in [4.69, 9.17) is 16.3 Å². The zero-order chi connectivity index (χ0) is 11.4. The average Bonchev–Trinajstić information content (AvgIpc) is 2.71. The van der Waals surface area contributed by atoms with E-state index in [-0.39, 0.29) is 5.41 Å². The fraction of sp³-hybridized carbons (Fsp3) is 0.538. The number of halogens is 1. The van der Waals surface area contributed by atoms with Crippen LogP contribution in [0.4, 0.5) is 0 Å². The molecule has 1 aromatic rings. The van der Waals surface area contributed by atoms with Gasteiger partial charge in [0.2, 0.25) is 0 Å². The van der Waals surface area contributed by atoms with E-state index >= 15 is 0 Å². The zero-order valence-corrected chi connectivity index (χ0v) is 10.4. The van der Waals surface area contributed by atoms with Crippen LogP contribution in [-0.2, 0) is 11.2 Å². The molecule has 1 aliphatic rings. The van der Waals surface area contributed by atoms with Gasteiger partial charge in [-0.1, -0.05) is 23.7 Å². The molecule has 0 saturated carbocycles. The first-order valence-corrected chi connectivity index (χ1v) is 6.09. The van der Waals surface area contributed by atoms with Crippen molar-refractivity contribution in [3.8, 4) is 0 Å². The molecule has 0 radical (unpaired) electrons. The molecule has 1 N–H and O–H groups in total. The van der Waals surface area contributed by atoms with Crippen LogP contribution in [0.25, 0.3) is 0 Å². The molecule has 1 aliphatic heterocycles. The van der Waals surface area contributed by atoms with Crippen molar-refractivity contribution in [1.82, 2.24) is 5.32 Å². The normalized spacial score (nSPS) is 24.9. The topological polar surface area (TPSA) is 21.3 Å². The maximum atomic E-state index is 5.89. The number of nitrogens with one attached hydrogen (secondary N) is 1. The standard InChI is InChI=1S/C13H18ClNO/c1-15-9-13(6-7-16-10-13)8-11-2-4-12(14)5-3-11/h2-5,15H,6-10H2,1H3. The summed E-state index contributed by atoms with van der Waals surface area (Å²) in [4.78, 5) is 0. The van der Waals surface area contributed by atoms with E-state index in [0.717, 1.165) is 37.6 Å². The molecule has 2 nitrogen and oxygen atoms in total. The van der Waals surface area contributed by atoms with E-state index in [9.17, 15) is 0 Å². The predicted molar refractivity (Wildman–Crippen MR) is 67.0 cm³/mol. The number of ether oxygens (including phenoxy) is 1. The Hall–Kier alpha value is -0.570. The Kier molecular flexibility index (Phi) is 3.85. The third-order valence-electron chi connectivity index (χ3n) is 3.23. The van der Waals surface area contributed by atoms with Crippen molar-refractivity contribution in [2.45, 2.75) is 12.8 Å². The minimum absolute atomic E-state index is 0.266. The molecule has 1 fully saturated rings. The van der Waals surface area contributed by atoms with Crippen LogP contribution in [0.3, 0.4) is 0 Å². The minimum Gasteiger partial charge on any atom is -0.381 e. The SMILES string of the molecule is CNCC1(Cc2ccc(Cl)cc2)CCOC1. The minimum atomic E-state index is 0.266. The Labute approximate surface area is 102 Å². The van der Waals surface area contributed by atoms with Gasteiger partial charge in [0.15, 0.2) is 0 Å². The van der Waals surface area contributed by atoms with Gasteiger partial charge in [-0.2, -0.15) is 0 Å². The van der Waals surface area contributed by atoms with Crippen LogP contribution in [0.1, 0.15) is 12.0 Å². The Bertz CT molecular complexity index is 330. The van der Waals surface area contributed by atoms with E-state index < -0.39 is 0 Å². The molecule has 16 heavy (non-hydrogen) atoms. The number of rotatable bonds is 4. The Balaban J connectivity index is 2.08. The Morgan fingerprint density at radius 1 is 1.38 bits per heavy atom. The van der Waals surface area contributed by atoms with Gasteiger partial charge in [0, 0.05) is 23.6 Å². The molecular weight excluding hydrogens is 222 g/mol. The van der Waals surface area contributed by atoms with Crippen LogP contribution >= 0.6 is 11.6 Å². The summed E-state index contributed by atoms with van der Waals surface area (Å²) in [5.41, 5.74) is 1.60. The van der Waals surface area contributed by atoms with Gasteiger partial charge in [-0.3, -0.25) is 0 Å². The van der Waals surface area contributed by atoms with Gasteiger partial charge in [0.05, 0.1) is 6.61 Å². The van der Waals surface area contributed by atoms with Gasteiger partial charge in [-0.25, -0.2) is 0 Å². The van der Waals surface area contributed by atoms with Gasteiger partial charge < -0.3 is 10.1 Å². The second kappa shape index (κ2) is 5.17. The summed E-state index contributed by atoms with van der Waals surface area (Å²) in [5, 5.41) is 4.08. The van der Waals surface area contributed by atoms with Crippen molar-refractivity contribution < 1.29 is 4.74 Å². The summed E-state index contributed by atoms with van der Waals surface area (Å²) in [5.74, 6) is 0. The van der Waals surface area contributed by atoms with Gasteiger partial charge in [0.25, 0.3) is 0 Å². The lowest BCUT2D eigenvalue weighted by Gasteiger charge is -2.27. The molecule has 0 amide bonds. The highest BCUT2D eigenvalue weighted by atomic mass is 35.5. The van der Waals surface area contributed by atoms with Crippen LogP contribution in [0, 0.1) is 5.41 Å². The van der Waals surface area contributed by atoms with Gasteiger partial charge in [-0.05, 0) is 37.6 Å².